The third kappa shape index (κ3) is 4.22. The Hall–Kier alpha value is -2.29. The molecule has 25 heavy (non-hydrogen) atoms. The molecule has 0 spiro atoms. The Morgan fingerprint density at radius 1 is 1.20 bits per heavy atom. The molecule has 0 aliphatic rings. The number of hydrogen-bond donors (Lipinski definition) is 0. The number of carbonyl (C=O) groups is 1. The molecule has 0 saturated carbocycles. The van der Waals surface area contributed by atoms with Gasteiger partial charge in [-0.1, -0.05) is 18.2 Å². The average molecular weight is 374 g/mol. The summed E-state index contributed by atoms with van der Waals surface area (Å²) in [5.41, 5.74) is 0.806. The lowest BCUT2D eigenvalue weighted by atomic mass is 10.3. The van der Waals surface area contributed by atoms with Gasteiger partial charge in [0.15, 0.2) is 0 Å². The van der Waals surface area contributed by atoms with E-state index in [1.165, 1.54) is 18.4 Å². The van der Waals surface area contributed by atoms with Crippen molar-refractivity contribution in [2.75, 3.05) is 12.9 Å². The van der Waals surface area contributed by atoms with Crippen molar-refractivity contribution in [3.8, 4) is 10.7 Å². The topological polar surface area (TPSA) is 92.2 Å². The van der Waals surface area contributed by atoms with Crippen molar-refractivity contribution in [2.45, 2.75) is 5.75 Å². The number of aromatic nitrogens is 2. The standard InChI is InChI=1S/C17H14N2O4S2/c1-23-15(20)10-25(22)9-11-5-4-7-13(18-11)17-19-16(21)12-6-2-3-8-14(12)24-17/h2-8H,9-10H2,1H3. The smallest absolute Gasteiger partial charge is 0.356 e. The molecular weight excluding hydrogens is 360 g/mol. The number of esters is 1. The molecule has 1 unspecified atom stereocenters. The van der Waals surface area contributed by atoms with Crippen molar-refractivity contribution in [3.63, 3.8) is 0 Å². The van der Waals surface area contributed by atoms with Gasteiger partial charge in [-0.05, 0) is 35.4 Å². The number of pyridine rings is 1. The molecule has 3 aromatic rings. The van der Waals surface area contributed by atoms with Crippen LogP contribution in [0.25, 0.3) is 20.8 Å². The summed E-state index contributed by atoms with van der Waals surface area (Å²) in [6, 6.07) is 12.5. The maximum absolute atomic E-state index is 12.2. The van der Waals surface area contributed by atoms with Crippen molar-refractivity contribution in [3.05, 3.63) is 58.5 Å². The summed E-state index contributed by atoms with van der Waals surface area (Å²) < 4.78 is 17.3. The number of hydrogen-bond acceptors (Lipinski definition) is 7. The van der Waals surface area contributed by atoms with Gasteiger partial charge in [0, 0.05) is 4.70 Å². The summed E-state index contributed by atoms with van der Waals surface area (Å²) in [4.78, 5) is 31.9. The highest BCUT2D eigenvalue weighted by Crippen LogP contribution is 2.24. The van der Waals surface area contributed by atoms with E-state index in [4.69, 9.17) is 0 Å². The lowest BCUT2D eigenvalue weighted by molar-refractivity contribution is -0.137. The Balaban J connectivity index is 1.89. The molecule has 2 aromatic heterocycles. The number of carbonyl (C=O) groups excluding carboxylic acids is 1. The molecule has 0 amide bonds. The zero-order chi connectivity index (χ0) is 17.8. The summed E-state index contributed by atoms with van der Waals surface area (Å²) in [7, 11) is 1.26. The van der Waals surface area contributed by atoms with E-state index in [0.717, 1.165) is 4.70 Å². The minimum Gasteiger partial charge on any atom is -0.616 e. The molecule has 8 heteroatoms. The first kappa shape index (κ1) is 17.5. The predicted octanol–water partition coefficient (Wildman–Crippen LogP) is 2.14. The number of fused-ring (bicyclic) bond motifs is 1. The van der Waals surface area contributed by atoms with Crippen molar-refractivity contribution < 1.29 is 14.1 Å². The largest absolute Gasteiger partial charge is 0.616 e. The number of rotatable bonds is 5. The Morgan fingerprint density at radius 2 is 2.00 bits per heavy atom. The molecule has 128 valence electrons. The Bertz CT molecular complexity index is 974. The maximum atomic E-state index is 12.2. The quantitative estimate of drug-likeness (QED) is 0.502. The van der Waals surface area contributed by atoms with E-state index in [1.807, 2.05) is 12.1 Å². The summed E-state index contributed by atoms with van der Waals surface area (Å²) in [6.45, 7) is 0. The van der Waals surface area contributed by atoms with E-state index < -0.39 is 17.1 Å². The second-order valence-corrected chi connectivity index (χ2v) is 7.63. The SMILES string of the molecule is COC(=O)C[S+]([O-])Cc1cccc(-c2nc(=O)c3ccccc3s2)n1. The number of benzene rings is 1. The minimum atomic E-state index is -1.41. The fourth-order valence-corrected chi connectivity index (χ4v) is 4.15. The lowest BCUT2D eigenvalue weighted by Gasteiger charge is -2.09. The first-order chi connectivity index (χ1) is 12.1. The first-order valence-electron chi connectivity index (χ1n) is 7.35. The maximum Gasteiger partial charge on any atom is 0.356 e. The second kappa shape index (κ2) is 7.73. The highest BCUT2D eigenvalue weighted by Gasteiger charge is 2.16. The second-order valence-electron chi connectivity index (χ2n) is 5.14. The van der Waals surface area contributed by atoms with Gasteiger partial charge in [0.05, 0.1) is 23.9 Å². The summed E-state index contributed by atoms with van der Waals surface area (Å²) in [5.74, 6) is -0.570. The molecule has 0 fully saturated rings. The zero-order valence-electron chi connectivity index (χ0n) is 13.3. The summed E-state index contributed by atoms with van der Waals surface area (Å²) in [5, 5.41) is 1.08. The van der Waals surface area contributed by atoms with E-state index in [2.05, 4.69) is 14.7 Å². The van der Waals surface area contributed by atoms with E-state index in [1.54, 1.807) is 30.3 Å². The van der Waals surface area contributed by atoms with Gasteiger partial charge in [-0.3, -0.25) is 4.79 Å². The third-order valence-corrected chi connectivity index (χ3v) is 5.61. The first-order valence-corrected chi connectivity index (χ1v) is 9.65. The van der Waals surface area contributed by atoms with E-state index in [-0.39, 0.29) is 17.1 Å². The molecule has 1 atom stereocenters. The normalized spacial score (nSPS) is 12.1. The molecule has 0 radical (unpaired) electrons. The third-order valence-electron chi connectivity index (χ3n) is 3.37. The molecule has 0 saturated heterocycles. The molecule has 1 aromatic carbocycles. The van der Waals surface area contributed by atoms with Gasteiger partial charge in [0.1, 0.15) is 10.8 Å². The van der Waals surface area contributed by atoms with Crippen LogP contribution in [-0.4, -0.2) is 33.4 Å². The number of nitrogens with zero attached hydrogens (tertiary/aromatic N) is 2. The van der Waals surface area contributed by atoms with E-state index >= 15 is 0 Å². The van der Waals surface area contributed by atoms with Crippen LogP contribution in [0.3, 0.4) is 0 Å². The molecule has 2 heterocycles. The van der Waals surface area contributed by atoms with Crippen molar-refractivity contribution in [2.24, 2.45) is 0 Å². The fraction of sp³-hybridized carbons (Fsp3) is 0.176. The van der Waals surface area contributed by atoms with Crippen molar-refractivity contribution >= 4 is 38.6 Å². The van der Waals surface area contributed by atoms with Crippen molar-refractivity contribution in [1.82, 2.24) is 9.97 Å². The molecule has 0 aliphatic carbocycles. The van der Waals surface area contributed by atoms with Crippen LogP contribution in [0.4, 0.5) is 0 Å². The molecule has 6 nitrogen and oxygen atoms in total. The number of ether oxygens (including phenoxy) is 1. The Labute approximate surface area is 150 Å². The van der Waals surface area contributed by atoms with E-state index in [0.29, 0.717) is 21.8 Å². The van der Waals surface area contributed by atoms with Crippen LogP contribution < -0.4 is 5.56 Å². The average Bonchev–Trinajstić information content (AvgIpc) is 2.61. The van der Waals surface area contributed by atoms with Gasteiger partial charge in [-0.2, -0.15) is 4.98 Å². The van der Waals surface area contributed by atoms with Gasteiger partial charge in [0.2, 0.25) is 5.75 Å². The highest BCUT2D eigenvalue weighted by atomic mass is 32.2. The minimum absolute atomic E-state index is 0.130. The van der Waals surface area contributed by atoms with Crippen molar-refractivity contribution in [1.29, 1.82) is 0 Å². The summed E-state index contributed by atoms with van der Waals surface area (Å²) >= 11 is -0.0357. The van der Waals surface area contributed by atoms with E-state index in [9.17, 15) is 14.1 Å². The fourth-order valence-electron chi connectivity index (χ4n) is 2.21. The molecule has 0 aliphatic heterocycles. The summed E-state index contributed by atoms with van der Waals surface area (Å²) in [6.07, 6.45) is 0. The van der Waals surface area contributed by atoms with Gasteiger partial charge < -0.3 is 9.29 Å². The molecular formula is C17H14N2O4S2. The molecule has 3 rings (SSSR count). The Morgan fingerprint density at radius 3 is 2.80 bits per heavy atom. The zero-order valence-corrected chi connectivity index (χ0v) is 14.9. The number of methoxy groups -OCH3 is 1. The predicted molar refractivity (Wildman–Crippen MR) is 97.9 cm³/mol. The molecule has 0 N–H and O–H groups in total. The lowest BCUT2D eigenvalue weighted by Crippen LogP contribution is -2.19. The van der Waals surface area contributed by atoms with Gasteiger partial charge in [0.25, 0.3) is 5.56 Å². The molecule has 0 bridgehead atoms. The van der Waals surface area contributed by atoms with Gasteiger partial charge in [-0.25, -0.2) is 9.78 Å². The van der Waals surface area contributed by atoms with Crippen LogP contribution >= 0.6 is 11.3 Å². The van der Waals surface area contributed by atoms with Gasteiger partial charge in [-0.15, -0.1) is 11.3 Å². The van der Waals surface area contributed by atoms with Crippen LogP contribution in [0.2, 0.25) is 0 Å². The van der Waals surface area contributed by atoms with Crippen LogP contribution in [-0.2, 0) is 26.5 Å². The monoisotopic (exact) mass is 374 g/mol. The van der Waals surface area contributed by atoms with Crippen LogP contribution in [0.5, 0.6) is 0 Å². The highest BCUT2D eigenvalue weighted by molar-refractivity contribution is 7.91. The van der Waals surface area contributed by atoms with Gasteiger partial charge >= 0.3 is 5.97 Å². The van der Waals surface area contributed by atoms with Crippen LogP contribution in [0, 0.1) is 0 Å². The van der Waals surface area contributed by atoms with Crippen LogP contribution in [0.1, 0.15) is 5.69 Å². The Kier molecular flexibility index (Phi) is 5.42. The van der Waals surface area contributed by atoms with Crippen LogP contribution in [0.15, 0.2) is 47.3 Å².